The lowest BCUT2D eigenvalue weighted by Gasteiger charge is -2.14. The highest BCUT2D eigenvalue weighted by Crippen LogP contribution is 2.21. The van der Waals surface area contributed by atoms with Crippen LogP contribution < -0.4 is 5.32 Å². The summed E-state index contributed by atoms with van der Waals surface area (Å²) in [4.78, 5) is 12.5. The van der Waals surface area contributed by atoms with Gasteiger partial charge in [0.2, 0.25) is 5.91 Å². The van der Waals surface area contributed by atoms with Crippen LogP contribution in [0.25, 0.3) is 0 Å². The summed E-state index contributed by atoms with van der Waals surface area (Å²) >= 11 is 1.21. The lowest BCUT2D eigenvalue weighted by Crippen LogP contribution is -2.28. The molecular formula is C18H20FNOS. The van der Waals surface area contributed by atoms with Gasteiger partial charge in [-0.3, -0.25) is 4.79 Å². The van der Waals surface area contributed by atoms with Crippen LogP contribution in [0.1, 0.15) is 31.0 Å². The Morgan fingerprint density at radius 3 is 2.50 bits per heavy atom. The molecule has 2 aromatic carbocycles. The third-order valence-electron chi connectivity index (χ3n) is 3.46. The third kappa shape index (κ3) is 4.60. The van der Waals surface area contributed by atoms with Crippen molar-refractivity contribution in [3.8, 4) is 0 Å². The maximum atomic E-state index is 13.5. The molecule has 0 saturated carbocycles. The summed E-state index contributed by atoms with van der Waals surface area (Å²) in [5.74, 6) is -0.179. The minimum atomic E-state index is -0.288. The Labute approximate surface area is 135 Å². The third-order valence-corrected chi connectivity index (χ3v) is 4.51. The van der Waals surface area contributed by atoms with E-state index in [0.717, 1.165) is 12.0 Å². The van der Waals surface area contributed by atoms with Crippen LogP contribution in [0, 0.1) is 5.82 Å². The van der Waals surface area contributed by atoms with Crippen LogP contribution in [0.4, 0.5) is 4.39 Å². The topological polar surface area (TPSA) is 29.1 Å². The minimum Gasteiger partial charge on any atom is -0.349 e. The van der Waals surface area contributed by atoms with Gasteiger partial charge >= 0.3 is 0 Å². The Bertz CT molecular complexity index is 627. The number of halogens is 1. The van der Waals surface area contributed by atoms with E-state index in [9.17, 15) is 9.18 Å². The second kappa shape index (κ2) is 7.99. The molecular weight excluding hydrogens is 297 g/mol. The van der Waals surface area contributed by atoms with Crippen LogP contribution in [-0.4, -0.2) is 11.7 Å². The number of rotatable bonds is 6. The molecule has 0 radical (unpaired) electrons. The van der Waals surface area contributed by atoms with E-state index in [1.165, 1.54) is 23.4 Å². The summed E-state index contributed by atoms with van der Waals surface area (Å²) in [5.41, 5.74) is 2.35. The van der Waals surface area contributed by atoms with Gasteiger partial charge in [-0.15, -0.1) is 11.8 Å². The average molecular weight is 317 g/mol. The first kappa shape index (κ1) is 16.6. The first-order valence-corrected chi connectivity index (χ1v) is 8.34. The molecule has 2 nitrogen and oxygen atoms in total. The van der Waals surface area contributed by atoms with Gasteiger partial charge in [0.05, 0.1) is 11.8 Å². The SMILES string of the molecule is CCc1ccc([C@@H](C)NC(=O)CSc2ccccc2F)cc1. The Kier molecular flexibility index (Phi) is 6.01. The number of thioether (sulfide) groups is 1. The maximum Gasteiger partial charge on any atom is 0.230 e. The van der Waals surface area contributed by atoms with E-state index >= 15 is 0 Å². The molecule has 0 aliphatic rings. The van der Waals surface area contributed by atoms with Crippen LogP contribution >= 0.6 is 11.8 Å². The van der Waals surface area contributed by atoms with Crippen molar-refractivity contribution in [2.24, 2.45) is 0 Å². The summed E-state index contributed by atoms with van der Waals surface area (Å²) < 4.78 is 13.5. The van der Waals surface area contributed by atoms with Gasteiger partial charge in [0.15, 0.2) is 0 Å². The monoisotopic (exact) mass is 317 g/mol. The second-order valence-corrected chi connectivity index (χ2v) is 6.12. The Hall–Kier alpha value is -1.81. The van der Waals surface area contributed by atoms with Gasteiger partial charge in [-0.05, 0) is 36.6 Å². The van der Waals surface area contributed by atoms with E-state index < -0.39 is 0 Å². The van der Waals surface area contributed by atoms with Crippen molar-refractivity contribution >= 4 is 17.7 Å². The molecule has 4 heteroatoms. The van der Waals surface area contributed by atoms with Crippen molar-refractivity contribution in [3.05, 3.63) is 65.5 Å². The lowest BCUT2D eigenvalue weighted by molar-refractivity contribution is -0.119. The van der Waals surface area contributed by atoms with Crippen molar-refractivity contribution in [2.75, 3.05) is 5.75 Å². The van der Waals surface area contributed by atoms with E-state index in [4.69, 9.17) is 0 Å². The summed E-state index contributed by atoms with van der Waals surface area (Å²) in [6.07, 6.45) is 1.00. The number of carbonyl (C=O) groups excluding carboxylic acids is 1. The quantitative estimate of drug-likeness (QED) is 0.802. The van der Waals surface area contributed by atoms with Gasteiger partial charge in [-0.2, -0.15) is 0 Å². The molecule has 0 unspecified atom stereocenters. The molecule has 1 N–H and O–H groups in total. The van der Waals surface area contributed by atoms with E-state index in [-0.39, 0.29) is 23.5 Å². The molecule has 0 fully saturated rings. The lowest BCUT2D eigenvalue weighted by atomic mass is 10.1. The van der Waals surface area contributed by atoms with Crippen LogP contribution in [0.3, 0.4) is 0 Å². The number of hydrogen-bond donors (Lipinski definition) is 1. The summed E-state index contributed by atoms with van der Waals surface area (Å²) in [5, 5.41) is 2.94. The molecule has 116 valence electrons. The number of nitrogens with one attached hydrogen (secondary N) is 1. The summed E-state index contributed by atoms with van der Waals surface area (Å²) in [6, 6.07) is 14.7. The summed E-state index contributed by atoms with van der Waals surface area (Å²) in [7, 11) is 0. The molecule has 1 atom stereocenters. The highest BCUT2D eigenvalue weighted by Gasteiger charge is 2.11. The standard InChI is InChI=1S/C18H20FNOS/c1-3-14-8-10-15(11-9-14)13(2)20-18(21)12-22-17-7-5-4-6-16(17)19/h4-11,13H,3,12H2,1-2H3,(H,20,21)/t13-/m1/s1. The van der Waals surface area contributed by atoms with Crippen molar-refractivity contribution in [1.29, 1.82) is 0 Å². The van der Waals surface area contributed by atoms with E-state index in [0.29, 0.717) is 4.90 Å². The zero-order valence-corrected chi connectivity index (χ0v) is 13.6. The predicted octanol–water partition coefficient (Wildman–Crippen LogP) is 4.36. The molecule has 0 aromatic heterocycles. The van der Waals surface area contributed by atoms with Gasteiger partial charge in [0.25, 0.3) is 0 Å². The Balaban J connectivity index is 1.87. The van der Waals surface area contributed by atoms with Crippen LogP contribution in [0.5, 0.6) is 0 Å². The first-order chi connectivity index (χ1) is 10.6. The highest BCUT2D eigenvalue weighted by atomic mass is 32.2. The van der Waals surface area contributed by atoms with Gasteiger partial charge in [-0.1, -0.05) is 43.3 Å². The van der Waals surface area contributed by atoms with Crippen LogP contribution in [0.15, 0.2) is 53.4 Å². The molecule has 2 rings (SSSR count). The number of aryl methyl sites for hydroxylation is 1. The van der Waals surface area contributed by atoms with Crippen molar-refractivity contribution < 1.29 is 9.18 Å². The molecule has 0 aliphatic carbocycles. The van der Waals surface area contributed by atoms with Crippen LogP contribution in [0.2, 0.25) is 0 Å². The van der Waals surface area contributed by atoms with E-state index in [1.807, 2.05) is 19.1 Å². The largest absolute Gasteiger partial charge is 0.349 e. The van der Waals surface area contributed by atoms with Gasteiger partial charge < -0.3 is 5.32 Å². The fraction of sp³-hybridized carbons (Fsp3) is 0.278. The number of benzene rings is 2. The van der Waals surface area contributed by atoms with Gasteiger partial charge in [0, 0.05) is 4.90 Å². The molecule has 22 heavy (non-hydrogen) atoms. The fourth-order valence-electron chi connectivity index (χ4n) is 2.11. The molecule has 0 heterocycles. The van der Waals surface area contributed by atoms with Gasteiger partial charge in [0.1, 0.15) is 5.82 Å². The second-order valence-electron chi connectivity index (χ2n) is 5.10. The molecule has 2 aromatic rings. The molecule has 0 bridgehead atoms. The average Bonchev–Trinajstić information content (AvgIpc) is 2.54. The zero-order chi connectivity index (χ0) is 15.9. The molecule has 1 amide bonds. The molecule has 0 saturated heterocycles. The van der Waals surface area contributed by atoms with Crippen LogP contribution in [-0.2, 0) is 11.2 Å². The predicted molar refractivity (Wildman–Crippen MR) is 89.5 cm³/mol. The van der Waals surface area contributed by atoms with E-state index in [1.54, 1.807) is 18.2 Å². The van der Waals surface area contributed by atoms with Crippen molar-refractivity contribution in [1.82, 2.24) is 5.32 Å². The maximum absolute atomic E-state index is 13.5. The number of carbonyl (C=O) groups is 1. The Morgan fingerprint density at radius 1 is 1.18 bits per heavy atom. The molecule has 0 spiro atoms. The smallest absolute Gasteiger partial charge is 0.230 e. The number of amides is 1. The minimum absolute atomic E-state index is 0.0559. The Morgan fingerprint density at radius 2 is 1.86 bits per heavy atom. The highest BCUT2D eigenvalue weighted by molar-refractivity contribution is 8.00. The van der Waals surface area contributed by atoms with E-state index in [2.05, 4.69) is 24.4 Å². The van der Waals surface area contributed by atoms with Crippen molar-refractivity contribution in [3.63, 3.8) is 0 Å². The summed E-state index contributed by atoms with van der Waals surface area (Å²) in [6.45, 7) is 4.06. The van der Waals surface area contributed by atoms with Crippen molar-refractivity contribution in [2.45, 2.75) is 31.2 Å². The number of hydrogen-bond acceptors (Lipinski definition) is 2. The molecule has 0 aliphatic heterocycles. The van der Waals surface area contributed by atoms with Gasteiger partial charge in [-0.25, -0.2) is 4.39 Å². The first-order valence-electron chi connectivity index (χ1n) is 7.35. The fourth-order valence-corrected chi connectivity index (χ4v) is 2.86. The normalized spacial score (nSPS) is 12.0. The zero-order valence-electron chi connectivity index (χ0n) is 12.8.